The van der Waals surface area contributed by atoms with Crippen LogP contribution in [0.3, 0.4) is 0 Å². The standard InChI is InChI=1S/C15H15ClN2O2/c16-11-5-4-10-6-7-17-14(12(10)9-11)18-8-2-1-3-13(18)15(19)20/h4-7,9,13H,1-3,8H2,(H,19,20). The van der Waals surface area contributed by atoms with E-state index in [1.165, 1.54) is 0 Å². The van der Waals surface area contributed by atoms with Gasteiger partial charge in [0.1, 0.15) is 11.9 Å². The van der Waals surface area contributed by atoms with Crippen molar-refractivity contribution in [3.63, 3.8) is 0 Å². The summed E-state index contributed by atoms with van der Waals surface area (Å²) < 4.78 is 0. The second kappa shape index (κ2) is 5.29. The van der Waals surface area contributed by atoms with Crippen molar-refractivity contribution in [2.45, 2.75) is 25.3 Å². The molecule has 0 saturated carbocycles. The number of hydrogen-bond acceptors (Lipinski definition) is 3. The maximum absolute atomic E-state index is 11.4. The van der Waals surface area contributed by atoms with E-state index in [2.05, 4.69) is 4.98 Å². The van der Waals surface area contributed by atoms with Gasteiger partial charge in [-0.15, -0.1) is 0 Å². The van der Waals surface area contributed by atoms with Crippen molar-refractivity contribution in [2.75, 3.05) is 11.4 Å². The van der Waals surface area contributed by atoms with Crippen molar-refractivity contribution >= 4 is 34.2 Å². The van der Waals surface area contributed by atoms with Crippen LogP contribution in [-0.4, -0.2) is 28.6 Å². The van der Waals surface area contributed by atoms with Crippen LogP contribution in [-0.2, 0) is 4.79 Å². The van der Waals surface area contributed by atoms with E-state index in [9.17, 15) is 9.90 Å². The van der Waals surface area contributed by atoms with Crippen LogP contribution in [0, 0.1) is 0 Å². The fourth-order valence-corrected chi connectivity index (χ4v) is 2.97. The fourth-order valence-electron chi connectivity index (χ4n) is 2.80. The Bertz CT molecular complexity index is 659. The Balaban J connectivity index is 2.12. The van der Waals surface area contributed by atoms with Gasteiger partial charge in [-0.05, 0) is 42.8 Å². The van der Waals surface area contributed by atoms with Gasteiger partial charge in [-0.1, -0.05) is 17.7 Å². The zero-order valence-corrected chi connectivity index (χ0v) is 11.7. The molecular weight excluding hydrogens is 276 g/mol. The smallest absolute Gasteiger partial charge is 0.326 e. The molecule has 2 aromatic rings. The number of rotatable bonds is 2. The third kappa shape index (κ3) is 2.31. The van der Waals surface area contributed by atoms with Crippen LogP contribution in [0.15, 0.2) is 30.5 Å². The molecule has 1 unspecified atom stereocenters. The van der Waals surface area contributed by atoms with Crippen molar-refractivity contribution in [3.05, 3.63) is 35.5 Å². The number of carboxylic acid groups (broad SMARTS) is 1. The molecule has 0 spiro atoms. The van der Waals surface area contributed by atoms with Crippen molar-refractivity contribution in [1.82, 2.24) is 4.98 Å². The summed E-state index contributed by atoms with van der Waals surface area (Å²) in [5.41, 5.74) is 0. The minimum absolute atomic E-state index is 0.499. The summed E-state index contributed by atoms with van der Waals surface area (Å²) in [6, 6.07) is 7.03. The fraction of sp³-hybridized carbons (Fsp3) is 0.333. The monoisotopic (exact) mass is 290 g/mol. The minimum atomic E-state index is -0.787. The largest absolute Gasteiger partial charge is 0.480 e. The number of nitrogens with zero attached hydrogens (tertiary/aromatic N) is 2. The van der Waals surface area contributed by atoms with Crippen LogP contribution >= 0.6 is 11.6 Å². The maximum atomic E-state index is 11.4. The molecule has 0 amide bonds. The highest BCUT2D eigenvalue weighted by molar-refractivity contribution is 6.31. The second-order valence-corrected chi connectivity index (χ2v) is 5.48. The Morgan fingerprint density at radius 2 is 2.20 bits per heavy atom. The first-order valence-corrected chi connectivity index (χ1v) is 7.08. The Hall–Kier alpha value is -1.81. The first kappa shape index (κ1) is 13.2. The van der Waals surface area contributed by atoms with Crippen LogP contribution in [0.5, 0.6) is 0 Å². The molecule has 0 aliphatic carbocycles. The maximum Gasteiger partial charge on any atom is 0.326 e. The van der Waals surface area contributed by atoms with Crippen LogP contribution in [0.2, 0.25) is 5.02 Å². The number of carboxylic acids is 1. The van der Waals surface area contributed by atoms with Gasteiger partial charge < -0.3 is 10.0 Å². The van der Waals surface area contributed by atoms with Gasteiger partial charge in [-0.25, -0.2) is 9.78 Å². The van der Waals surface area contributed by atoms with Crippen molar-refractivity contribution < 1.29 is 9.90 Å². The summed E-state index contributed by atoms with van der Waals surface area (Å²) in [7, 11) is 0. The second-order valence-electron chi connectivity index (χ2n) is 5.04. The summed E-state index contributed by atoms with van der Waals surface area (Å²) >= 11 is 6.07. The van der Waals surface area contributed by atoms with Crippen LogP contribution in [0.4, 0.5) is 5.82 Å². The zero-order valence-electron chi connectivity index (χ0n) is 10.9. The van der Waals surface area contributed by atoms with E-state index in [1.54, 1.807) is 6.20 Å². The molecule has 1 aromatic carbocycles. The lowest BCUT2D eigenvalue weighted by Gasteiger charge is -2.34. The van der Waals surface area contributed by atoms with E-state index < -0.39 is 12.0 Å². The van der Waals surface area contributed by atoms with Crippen molar-refractivity contribution in [3.8, 4) is 0 Å². The summed E-state index contributed by atoms with van der Waals surface area (Å²) in [5.74, 6) is -0.0670. The molecule has 1 fully saturated rings. The number of anilines is 1. The lowest BCUT2D eigenvalue weighted by atomic mass is 10.0. The SMILES string of the molecule is O=C(O)C1CCCCN1c1nccc2ccc(Cl)cc12. The van der Waals surface area contributed by atoms with E-state index in [-0.39, 0.29) is 0 Å². The zero-order chi connectivity index (χ0) is 14.1. The van der Waals surface area contributed by atoms with Gasteiger partial charge in [0.25, 0.3) is 0 Å². The third-order valence-corrected chi connectivity index (χ3v) is 4.00. The van der Waals surface area contributed by atoms with Gasteiger partial charge in [0, 0.05) is 23.2 Å². The highest BCUT2D eigenvalue weighted by atomic mass is 35.5. The minimum Gasteiger partial charge on any atom is -0.480 e. The van der Waals surface area contributed by atoms with Crippen molar-refractivity contribution in [2.24, 2.45) is 0 Å². The highest BCUT2D eigenvalue weighted by Crippen LogP contribution is 2.31. The molecule has 4 nitrogen and oxygen atoms in total. The predicted molar refractivity (Wildman–Crippen MR) is 79.4 cm³/mol. The van der Waals surface area contributed by atoms with Gasteiger partial charge in [-0.2, -0.15) is 0 Å². The van der Waals surface area contributed by atoms with Crippen LogP contribution in [0.25, 0.3) is 10.8 Å². The lowest BCUT2D eigenvalue weighted by molar-refractivity contribution is -0.139. The van der Waals surface area contributed by atoms with E-state index in [1.807, 2.05) is 29.2 Å². The molecule has 1 aromatic heterocycles. The molecule has 20 heavy (non-hydrogen) atoms. The Morgan fingerprint density at radius 1 is 1.35 bits per heavy atom. The van der Waals surface area contributed by atoms with E-state index in [0.717, 1.165) is 36.0 Å². The summed E-state index contributed by atoms with van der Waals surface area (Å²) in [5, 5.41) is 12.0. The quantitative estimate of drug-likeness (QED) is 0.922. The first-order chi connectivity index (χ1) is 9.66. The van der Waals surface area contributed by atoms with Gasteiger partial charge in [-0.3, -0.25) is 0 Å². The number of aromatic nitrogens is 1. The molecule has 1 aliphatic rings. The molecular formula is C15H15ClN2O2. The number of hydrogen-bond donors (Lipinski definition) is 1. The topological polar surface area (TPSA) is 53.4 Å². The van der Waals surface area contributed by atoms with Gasteiger partial charge >= 0.3 is 5.97 Å². The number of benzene rings is 1. The van der Waals surface area contributed by atoms with Gasteiger partial charge in [0.05, 0.1) is 0 Å². The van der Waals surface area contributed by atoms with Gasteiger partial charge in [0.15, 0.2) is 0 Å². The summed E-state index contributed by atoms with van der Waals surface area (Å²) in [6.45, 7) is 0.718. The first-order valence-electron chi connectivity index (χ1n) is 6.70. The lowest BCUT2D eigenvalue weighted by Crippen LogP contribution is -2.45. The summed E-state index contributed by atoms with van der Waals surface area (Å²) in [6.07, 6.45) is 4.31. The highest BCUT2D eigenvalue weighted by Gasteiger charge is 2.30. The molecule has 0 radical (unpaired) electrons. The Morgan fingerprint density at radius 3 is 3.00 bits per heavy atom. The molecule has 1 N–H and O–H groups in total. The Labute approximate surface area is 122 Å². The van der Waals surface area contributed by atoms with Crippen LogP contribution < -0.4 is 4.90 Å². The number of pyridine rings is 1. The molecule has 104 valence electrons. The molecule has 2 heterocycles. The predicted octanol–water partition coefficient (Wildman–Crippen LogP) is 3.33. The number of fused-ring (bicyclic) bond motifs is 1. The van der Waals surface area contributed by atoms with E-state index in [4.69, 9.17) is 11.6 Å². The van der Waals surface area contributed by atoms with Crippen molar-refractivity contribution in [1.29, 1.82) is 0 Å². The Kier molecular flexibility index (Phi) is 3.49. The van der Waals surface area contributed by atoms with E-state index >= 15 is 0 Å². The number of halogens is 1. The average molecular weight is 291 g/mol. The third-order valence-electron chi connectivity index (χ3n) is 3.77. The number of aliphatic carboxylic acids is 1. The molecule has 1 saturated heterocycles. The van der Waals surface area contributed by atoms with E-state index in [0.29, 0.717) is 11.4 Å². The molecule has 5 heteroatoms. The normalized spacial score (nSPS) is 19.2. The van der Waals surface area contributed by atoms with Crippen LogP contribution in [0.1, 0.15) is 19.3 Å². The average Bonchev–Trinajstić information content (AvgIpc) is 2.46. The molecule has 3 rings (SSSR count). The number of carbonyl (C=O) groups is 1. The molecule has 0 bridgehead atoms. The van der Waals surface area contributed by atoms with Gasteiger partial charge in [0.2, 0.25) is 0 Å². The summed E-state index contributed by atoms with van der Waals surface area (Å²) in [4.78, 5) is 17.7. The molecule has 1 aliphatic heterocycles. The molecule has 1 atom stereocenters. The number of piperidine rings is 1.